The molecule has 29 heavy (non-hydrogen) atoms. The second-order valence-electron chi connectivity index (χ2n) is 6.73. The molecule has 2 aliphatic rings. The lowest BCUT2D eigenvalue weighted by atomic mass is 9.92. The highest BCUT2D eigenvalue weighted by Crippen LogP contribution is 2.39. The number of hydrogen-bond donors (Lipinski definition) is 2. The molecule has 2 aromatic rings. The number of nitrogens with one attached hydrogen (secondary N) is 1. The van der Waals surface area contributed by atoms with Gasteiger partial charge in [-0.1, -0.05) is 29.4 Å². The molecule has 1 unspecified atom stereocenters. The van der Waals surface area contributed by atoms with Crippen LogP contribution in [0, 0.1) is 0 Å². The van der Waals surface area contributed by atoms with Gasteiger partial charge in [-0.2, -0.15) is 0 Å². The number of amides is 1. The van der Waals surface area contributed by atoms with E-state index in [1.165, 1.54) is 0 Å². The molecule has 1 amide bonds. The number of rotatable bonds is 5. The van der Waals surface area contributed by atoms with Crippen molar-refractivity contribution in [2.75, 3.05) is 24.7 Å². The Labute approximate surface area is 167 Å². The molecular weight excluding hydrogens is 374 g/mol. The van der Waals surface area contributed by atoms with Crippen molar-refractivity contribution in [3.8, 4) is 5.75 Å². The first-order valence-electron chi connectivity index (χ1n) is 9.42. The fourth-order valence-corrected chi connectivity index (χ4v) is 3.74. The zero-order chi connectivity index (χ0) is 20.4. The number of anilines is 1. The molecule has 8 nitrogen and oxygen atoms in total. The number of carbonyl (C=O) groups is 2. The number of nitrogens with zero attached hydrogens (tertiary/aromatic N) is 2. The molecule has 0 aromatic heterocycles. The standard InChI is InChI=1S/C21H21N3O5/c1-2-28-18(25)12-29-14-8-6-13(7-9-14)20-22-21(26)16-5-3-4-15-17(23-27)10-11-24(20)19(15)16/h3-9,20,27H,2,10-12H2,1H3,(H,22,26)/b23-17+. The normalized spacial score (nSPS) is 18.8. The van der Waals surface area contributed by atoms with Crippen molar-refractivity contribution in [1.82, 2.24) is 5.32 Å². The third-order valence-corrected chi connectivity index (χ3v) is 5.03. The van der Waals surface area contributed by atoms with E-state index >= 15 is 0 Å². The monoisotopic (exact) mass is 395 g/mol. The Hall–Kier alpha value is -3.55. The number of ether oxygens (including phenoxy) is 2. The van der Waals surface area contributed by atoms with Gasteiger partial charge in [0, 0.05) is 18.5 Å². The Morgan fingerprint density at radius 1 is 1.24 bits per heavy atom. The van der Waals surface area contributed by atoms with Crippen LogP contribution in [-0.4, -0.2) is 42.6 Å². The second kappa shape index (κ2) is 7.83. The van der Waals surface area contributed by atoms with Gasteiger partial charge in [0.15, 0.2) is 6.61 Å². The van der Waals surface area contributed by atoms with Gasteiger partial charge in [-0.3, -0.25) is 4.79 Å². The minimum absolute atomic E-state index is 0.153. The molecule has 0 saturated carbocycles. The fourth-order valence-electron chi connectivity index (χ4n) is 3.74. The summed E-state index contributed by atoms with van der Waals surface area (Å²) in [5, 5.41) is 15.8. The summed E-state index contributed by atoms with van der Waals surface area (Å²) in [6.07, 6.45) is 0.218. The maximum Gasteiger partial charge on any atom is 0.344 e. The van der Waals surface area contributed by atoms with Crippen LogP contribution in [0.15, 0.2) is 47.6 Å². The van der Waals surface area contributed by atoms with Gasteiger partial charge in [0.25, 0.3) is 5.91 Å². The lowest BCUT2D eigenvalue weighted by molar-refractivity contribution is -0.145. The van der Waals surface area contributed by atoms with Crippen LogP contribution in [0.2, 0.25) is 0 Å². The van der Waals surface area contributed by atoms with Crippen LogP contribution in [0.5, 0.6) is 5.75 Å². The van der Waals surface area contributed by atoms with Crippen LogP contribution in [-0.2, 0) is 9.53 Å². The number of para-hydroxylation sites is 1. The van der Waals surface area contributed by atoms with Gasteiger partial charge in [0.1, 0.15) is 11.9 Å². The van der Waals surface area contributed by atoms with Gasteiger partial charge in [-0.05, 0) is 30.7 Å². The predicted octanol–water partition coefficient (Wildman–Crippen LogP) is 2.46. The number of carbonyl (C=O) groups excluding carboxylic acids is 2. The lowest BCUT2D eigenvalue weighted by Crippen LogP contribution is -2.49. The van der Waals surface area contributed by atoms with Gasteiger partial charge in [0.2, 0.25) is 0 Å². The maximum absolute atomic E-state index is 12.7. The number of esters is 1. The molecule has 2 aliphatic heterocycles. The highest BCUT2D eigenvalue weighted by atomic mass is 16.6. The summed E-state index contributed by atoms with van der Waals surface area (Å²) in [6, 6.07) is 12.6. The minimum Gasteiger partial charge on any atom is -0.482 e. The van der Waals surface area contributed by atoms with E-state index < -0.39 is 5.97 Å². The first-order chi connectivity index (χ1) is 14.1. The van der Waals surface area contributed by atoms with E-state index in [4.69, 9.17) is 9.47 Å². The third-order valence-electron chi connectivity index (χ3n) is 5.03. The van der Waals surface area contributed by atoms with Gasteiger partial charge >= 0.3 is 5.97 Å². The molecule has 0 radical (unpaired) electrons. The number of benzene rings is 2. The van der Waals surface area contributed by atoms with Crippen molar-refractivity contribution in [2.24, 2.45) is 5.16 Å². The Balaban J connectivity index is 1.59. The summed E-state index contributed by atoms with van der Waals surface area (Å²) in [7, 11) is 0. The van der Waals surface area contributed by atoms with E-state index in [0.717, 1.165) is 16.8 Å². The topological polar surface area (TPSA) is 100 Å². The maximum atomic E-state index is 12.7. The van der Waals surface area contributed by atoms with Gasteiger partial charge < -0.3 is 24.9 Å². The van der Waals surface area contributed by atoms with Crippen molar-refractivity contribution in [2.45, 2.75) is 19.5 Å². The van der Waals surface area contributed by atoms with Crippen LogP contribution in [0.25, 0.3) is 0 Å². The van der Waals surface area contributed by atoms with Crippen LogP contribution in [0.3, 0.4) is 0 Å². The molecule has 0 bridgehead atoms. The molecule has 0 fully saturated rings. The molecule has 8 heteroatoms. The summed E-state index contributed by atoms with van der Waals surface area (Å²) in [5.41, 5.74) is 3.57. The highest BCUT2D eigenvalue weighted by Gasteiger charge is 2.37. The zero-order valence-corrected chi connectivity index (χ0v) is 15.9. The molecular formula is C21H21N3O5. The molecule has 2 N–H and O–H groups in total. The largest absolute Gasteiger partial charge is 0.482 e. The predicted molar refractivity (Wildman–Crippen MR) is 106 cm³/mol. The van der Waals surface area contributed by atoms with E-state index in [1.807, 2.05) is 18.2 Å². The molecule has 2 heterocycles. The molecule has 0 aliphatic carbocycles. The second-order valence-corrected chi connectivity index (χ2v) is 6.73. The Bertz CT molecular complexity index is 971. The quantitative estimate of drug-likeness (QED) is 0.458. The van der Waals surface area contributed by atoms with E-state index in [9.17, 15) is 14.8 Å². The summed E-state index contributed by atoms with van der Waals surface area (Å²) in [5.74, 6) is -0.0572. The summed E-state index contributed by atoms with van der Waals surface area (Å²) in [6.45, 7) is 2.50. The molecule has 2 aromatic carbocycles. The van der Waals surface area contributed by atoms with Crippen LogP contribution in [0.4, 0.5) is 5.69 Å². The Kier molecular flexibility index (Phi) is 5.07. The van der Waals surface area contributed by atoms with Crippen molar-refractivity contribution in [1.29, 1.82) is 0 Å². The first-order valence-corrected chi connectivity index (χ1v) is 9.42. The van der Waals surface area contributed by atoms with Crippen molar-refractivity contribution >= 4 is 23.3 Å². The summed E-state index contributed by atoms with van der Waals surface area (Å²) >= 11 is 0. The van der Waals surface area contributed by atoms with E-state index in [-0.39, 0.29) is 18.7 Å². The molecule has 1 atom stereocenters. The molecule has 0 spiro atoms. The van der Waals surface area contributed by atoms with Crippen molar-refractivity contribution in [3.05, 3.63) is 59.2 Å². The van der Waals surface area contributed by atoms with Crippen LogP contribution in [0.1, 0.15) is 41.0 Å². The minimum atomic E-state index is -0.421. The van der Waals surface area contributed by atoms with Gasteiger partial charge in [0.05, 0.1) is 23.6 Å². The van der Waals surface area contributed by atoms with E-state index in [1.54, 1.807) is 31.2 Å². The van der Waals surface area contributed by atoms with E-state index in [2.05, 4.69) is 15.4 Å². The summed E-state index contributed by atoms with van der Waals surface area (Å²) < 4.78 is 10.3. The Morgan fingerprint density at radius 3 is 2.72 bits per heavy atom. The third kappa shape index (κ3) is 3.49. The van der Waals surface area contributed by atoms with Gasteiger partial charge in [-0.15, -0.1) is 0 Å². The Morgan fingerprint density at radius 2 is 2.00 bits per heavy atom. The van der Waals surface area contributed by atoms with Crippen LogP contribution < -0.4 is 15.0 Å². The summed E-state index contributed by atoms with van der Waals surface area (Å²) in [4.78, 5) is 26.2. The lowest BCUT2D eigenvalue weighted by Gasteiger charge is -2.42. The first kappa shape index (κ1) is 18.8. The van der Waals surface area contributed by atoms with Crippen LogP contribution >= 0.6 is 0 Å². The fraction of sp³-hybridized carbons (Fsp3) is 0.286. The van der Waals surface area contributed by atoms with Gasteiger partial charge in [-0.25, -0.2) is 4.79 Å². The smallest absolute Gasteiger partial charge is 0.344 e. The highest BCUT2D eigenvalue weighted by molar-refractivity contribution is 6.13. The van der Waals surface area contributed by atoms with Crippen molar-refractivity contribution < 1.29 is 24.3 Å². The number of oxime groups is 1. The average molecular weight is 395 g/mol. The molecule has 0 saturated heterocycles. The molecule has 150 valence electrons. The zero-order valence-electron chi connectivity index (χ0n) is 15.9. The van der Waals surface area contributed by atoms with Crippen molar-refractivity contribution in [3.63, 3.8) is 0 Å². The molecule has 4 rings (SSSR count). The SMILES string of the molecule is CCOC(=O)COc1ccc(C2NC(=O)c3cccc4c3N2CC/C4=N\O)cc1. The van der Waals surface area contributed by atoms with E-state index in [0.29, 0.717) is 36.6 Å². The number of hydrogen-bond acceptors (Lipinski definition) is 7. The average Bonchev–Trinajstić information content (AvgIpc) is 2.75.